The Labute approximate surface area is 314 Å². The Hall–Kier alpha value is -4.76. The summed E-state index contributed by atoms with van der Waals surface area (Å²) in [6.45, 7) is 13.4. The van der Waals surface area contributed by atoms with E-state index < -0.39 is 83.4 Å². The highest BCUT2D eigenvalue weighted by molar-refractivity contribution is 6.21. The number of ether oxygens (including phenoxy) is 4. The predicted octanol–water partition coefficient (Wildman–Crippen LogP) is 3.99. The van der Waals surface area contributed by atoms with Crippen molar-refractivity contribution in [3.63, 3.8) is 0 Å². The highest BCUT2D eigenvalue weighted by atomic mass is 16.7. The number of allylic oxidation sites excluding steroid dienone is 5. The lowest BCUT2D eigenvalue weighted by molar-refractivity contribution is -0.164. The lowest BCUT2D eigenvalue weighted by atomic mass is 9.76. The van der Waals surface area contributed by atoms with Crippen LogP contribution < -0.4 is 10.1 Å². The average Bonchev–Trinajstić information content (AvgIpc) is 3.13. The van der Waals surface area contributed by atoms with Gasteiger partial charge in [-0.2, -0.15) is 0 Å². The number of phenols is 1. The van der Waals surface area contributed by atoms with Crippen LogP contribution in [0.15, 0.2) is 52.5 Å². The van der Waals surface area contributed by atoms with Gasteiger partial charge in [0.15, 0.2) is 11.5 Å². The molecule has 5 rings (SSSR count). The number of hydrogen-bond donors (Lipinski definition) is 6. The average molecular weight is 754 g/mol. The molecule has 4 aliphatic rings. The number of aliphatic hydroxyl groups is 4. The van der Waals surface area contributed by atoms with Crippen LogP contribution in [0.3, 0.4) is 0 Å². The summed E-state index contributed by atoms with van der Waals surface area (Å²) in [7, 11) is 1.11. The molecule has 1 aromatic rings. The van der Waals surface area contributed by atoms with Gasteiger partial charge in [-0.15, -0.1) is 0 Å². The molecular weight excluding hydrogens is 702 g/mol. The molecule has 0 unspecified atom stereocenters. The number of Topliss-reactive ketones (excluding diaryl/α,β-unsaturated/α-hetero) is 1. The van der Waals surface area contributed by atoms with Crippen molar-refractivity contribution in [1.82, 2.24) is 0 Å². The van der Waals surface area contributed by atoms with Crippen molar-refractivity contribution in [2.75, 3.05) is 19.2 Å². The smallest absolute Gasteiger partial charge is 0.313 e. The zero-order chi connectivity index (χ0) is 40.5. The number of nitrogens with one attached hydrogen (secondary N) is 1. The predicted molar refractivity (Wildman–Crippen MR) is 197 cm³/mol. The molecule has 1 aromatic carbocycles. The summed E-state index contributed by atoms with van der Waals surface area (Å²) in [6.07, 6.45) is 0.456. The highest BCUT2D eigenvalue weighted by Gasteiger charge is 2.45. The van der Waals surface area contributed by atoms with Crippen LogP contribution in [-0.2, 0) is 28.6 Å². The maximum atomic E-state index is 14.0. The van der Waals surface area contributed by atoms with Gasteiger partial charge in [0.2, 0.25) is 6.79 Å². The van der Waals surface area contributed by atoms with E-state index in [-0.39, 0.29) is 63.2 Å². The fraction of sp³-hybridized carbons (Fsp3) is 0.500. The summed E-state index contributed by atoms with van der Waals surface area (Å²) in [5, 5.41) is 60.0. The van der Waals surface area contributed by atoms with Gasteiger partial charge >= 0.3 is 11.9 Å². The number of fused-ring (bicyclic) bond motifs is 14. The van der Waals surface area contributed by atoms with E-state index in [1.54, 1.807) is 32.9 Å². The monoisotopic (exact) mass is 753 g/mol. The molecule has 1 aliphatic carbocycles. The van der Waals surface area contributed by atoms with Gasteiger partial charge in [0.1, 0.15) is 23.2 Å². The molecule has 0 saturated carbocycles. The van der Waals surface area contributed by atoms with Crippen molar-refractivity contribution in [3.05, 3.63) is 69.2 Å². The number of ketones is 1. The molecule has 3 heterocycles. The van der Waals surface area contributed by atoms with Crippen molar-refractivity contribution >= 4 is 34.9 Å². The quantitative estimate of drug-likeness (QED) is 0.143. The third-order valence-electron chi connectivity index (χ3n) is 10.6. The molecular formula is C40H51NO13. The topological polar surface area (TPSA) is 218 Å². The standard InChI is InChI=1S/C40H51NO13/c1-16-12-11-13-17(2)39(49)41-29-20(5)38(54-24(9)42)25-26(35(29)48)34(47)23(8)37-27(25)36(52-15-53-37)19(4)14-18(3)31(44)22(7)33(46)28(40(50)51-10)32(45)21(6)30(16)43/h11-14,16,18,21-22,28,30-33,43-46,48H,15H2,1-10H3,(H,41,49)/b12-11-,17-13+,19-14+/t16-,18+,21-,22-,28-,30-,31+,32-,33-/m1/s1. The van der Waals surface area contributed by atoms with Gasteiger partial charge in [0.25, 0.3) is 5.91 Å². The molecule has 9 atom stereocenters. The summed E-state index contributed by atoms with van der Waals surface area (Å²) in [6, 6.07) is 0. The number of rotatable bonds is 2. The summed E-state index contributed by atoms with van der Waals surface area (Å²) in [4.78, 5) is 53.0. The molecule has 14 nitrogen and oxygen atoms in total. The normalized spacial score (nSPS) is 32.3. The fourth-order valence-corrected chi connectivity index (χ4v) is 7.22. The largest absolute Gasteiger partial charge is 0.505 e. The molecule has 6 N–H and O–H groups in total. The maximum absolute atomic E-state index is 14.0. The van der Waals surface area contributed by atoms with Gasteiger partial charge in [-0.25, -0.2) is 0 Å². The first-order chi connectivity index (χ1) is 25.3. The van der Waals surface area contributed by atoms with E-state index in [2.05, 4.69) is 5.32 Å². The third-order valence-corrected chi connectivity index (χ3v) is 10.6. The molecule has 0 fully saturated rings. The SMILES string of the molecule is COC(=O)[C@H]1[C@H](O)[C@H](C)[C@@H](O)[C@@H](C)/C=C(\C)C2=C3C(=C(C)C(=O)c4c(O)c(c(C)c(OC(C)=O)c43)NC(=O)/C(C)=C/C=C\[C@@H](C)[C@@H](O)[C@@H](C)[C@H]1O)OCO2. The van der Waals surface area contributed by atoms with Crippen LogP contribution in [0.4, 0.5) is 5.69 Å². The van der Waals surface area contributed by atoms with E-state index in [0.29, 0.717) is 5.57 Å². The van der Waals surface area contributed by atoms with Crippen LogP contribution in [0.2, 0.25) is 0 Å². The minimum Gasteiger partial charge on any atom is -0.505 e. The first-order valence-electron chi connectivity index (χ1n) is 17.8. The van der Waals surface area contributed by atoms with Gasteiger partial charge in [-0.3, -0.25) is 19.2 Å². The van der Waals surface area contributed by atoms with E-state index in [9.17, 15) is 44.7 Å². The lowest BCUT2D eigenvalue weighted by Crippen LogP contribution is -2.50. The Kier molecular flexibility index (Phi) is 13.0. The Bertz CT molecular complexity index is 1870. The Balaban J connectivity index is 2.03. The zero-order valence-electron chi connectivity index (χ0n) is 32.2. The van der Waals surface area contributed by atoms with E-state index >= 15 is 0 Å². The Morgan fingerprint density at radius 1 is 0.833 bits per heavy atom. The van der Waals surface area contributed by atoms with Gasteiger partial charge in [-0.1, -0.05) is 52.0 Å². The number of aromatic hydroxyl groups is 1. The van der Waals surface area contributed by atoms with Crippen molar-refractivity contribution < 1.29 is 63.7 Å². The number of esters is 2. The second-order valence-electron chi connectivity index (χ2n) is 14.4. The van der Waals surface area contributed by atoms with Gasteiger partial charge in [0, 0.05) is 52.9 Å². The number of aliphatic hydroxyl groups excluding tert-OH is 4. The molecule has 1 amide bonds. The number of benzene rings is 1. The number of carbonyl (C=O) groups excluding carboxylic acids is 4. The number of hydrogen-bond acceptors (Lipinski definition) is 13. The summed E-state index contributed by atoms with van der Waals surface area (Å²) < 4.78 is 22.5. The van der Waals surface area contributed by atoms with Crippen molar-refractivity contribution in [1.29, 1.82) is 0 Å². The molecule has 294 valence electrons. The highest BCUT2D eigenvalue weighted by Crippen LogP contribution is 2.53. The molecule has 54 heavy (non-hydrogen) atoms. The van der Waals surface area contributed by atoms with Crippen LogP contribution >= 0.6 is 0 Å². The van der Waals surface area contributed by atoms with E-state index in [0.717, 1.165) is 14.0 Å². The second kappa shape index (κ2) is 16.7. The minimum absolute atomic E-state index is 0.00611. The molecule has 0 saturated heterocycles. The maximum Gasteiger partial charge on any atom is 0.313 e. The number of amides is 1. The van der Waals surface area contributed by atoms with Crippen LogP contribution in [0.25, 0.3) is 5.57 Å². The van der Waals surface area contributed by atoms with Gasteiger partial charge in [0.05, 0.1) is 48.3 Å². The van der Waals surface area contributed by atoms with Crippen molar-refractivity contribution in [2.45, 2.75) is 86.7 Å². The molecule has 3 aliphatic heterocycles. The fourth-order valence-electron chi connectivity index (χ4n) is 7.22. The Morgan fingerprint density at radius 2 is 1.41 bits per heavy atom. The van der Waals surface area contributed by atoms with Crippen molar-refractivity contribution in [3.8, 4) is 11.5 Å². The van der Waals surface area contributed by atoms with Gasteiger partial charge < -0.3 is 49.8 Å². The summed E-state index contributed by atoms with van der Waals surface area (Å²) >= 11 is 0. The summed E-state index contributed by atoms with van der Waals surface area (Å²) in [5.41, 5.74) is 0.550. The first kappa shape index (κ1) is 42.0. The van der Waals surface area contributed by atoms with E-state index in [1.165, 1.54) is 46.8 Å². The zero-order valence-corrected chi connectivity index (χ0v) is 32.2. The van der Waals surface area contributed by atoms with Crippen LogP contribution in [0, 0.1) is 36.5 Å². The first-order valence-corrected chi connectivity index (χ1v) is 17.8. The number of anilines is 1. The van der Waals surface area contributed by atoms with Crippen molar-refractivity contribution in [2.24, 2.45) is 29.6 Å². The minimum atomic E-state index is -1.62. The van der Waals surface area contributed by atoms with Gasteiger partial charge in [-0.05, 0) is 33.3 Å². The molecule has 4 bridgehead atoms. The van der Waals surface area contributed by atoms with Crippen LogP contribution in [-0.4, -0.2) is 87.5 Å². The molecule has 0 aromatic heterocycles. The van der Waals surface area contributed by atoms with Crippen LogP contribution in [0.1, 0.15) is 76.9 Å². The van der Waals surface area contributed by atoms with E-state index in [4.69, 9.17) is 18.9 Å². The third kappa shape index (κ3) is 7.88. The lowest BCUT2D eigenvalue weighted by Gasteiger charge is -2.37. The van der Waals surface area contributed by atoms with E-state index in [1.807, 2.05) is 0 Å². The molecule has 14 heteroatoms. The number of methoxy groups -OCH3 is 1. The molecule has 0 spiro atoms. The Morgan fingerprint density at radius 3 is 1.98 bits per heavy atom. The number of carbonyl (C=O) groups is 4. The van der Waals surface area contributed by atoms with Crippen LogP contribution in [0.5, 0.6) is 11.5 Å². The summed E-state index contributed by atoms with van der Waals surface area (Å²) in [5.74, 6) is -8.30. The number of phenolic OH excluding ortho intramolecular Hbond substituents is 1. The second-order valence-corrected chi connectivity index (χ2v) is 14.4. The molecule has 0 radical (unpaired) electrons.